The molecule has 0 aromatic heterocycles. The molecule has 1 amide bonds. The van der Waals surface area contributed by atoms with E-state index < -0.39 is 10.0 Å². The monoisotopic (exact) mass is 310 g/mol. The Balaban J connectivity index is 2.05. The Morgan fingerprint density at radius 1 is 1.19 bits per heavy atom. The van der Waals surface area contributed by atoms with Gasteiger partial charge in [0, 0.05) is 18.2 Å². The van der Waals surface area contributed by atoms with Crippen LogP contribution in [0.3, 0.4) is 0 Å². The predicted molar refractivity (Wildman–Crippen MR) is 81.6 cm³/mol. The summed E-state index contributed by atoms with van der Waals surface area (Å²) >= 11 is 0. The highest BCUT2D eigenvalue weighted by atomic mass is 32.2. The third-order valence-corrected chi connectivity index (χ3v) is 5.18. The van der Waals surface area contributed by atoms with Crippen LogP contribution < -0.4 is 10.0 Å². The lowest BCUT2D eigenvalue weighted by Gasteiger charge is -2.12. The van der Waals surface area contributed by atoms with Gasteiger partial charge in [-0.25, -0.2) is 13.1 Å². The summed E-state index contributed by atoms with van der Waals surface area (Å²) in [7, 11) is -3.48. The van der Waals surface area contributed by atoms with Crippen molar-refractivity contribution in [3.05, 3.63) is 29.8 Å². The van der Waals surface area contributed by atoms with Crippen molar-refractivity contribution in [2.75, 3.05) is 6.54 Å². The molecule has 6 heteroatoms. The van der Waals surface area contributed by atoms with Gasteiger partial charge in [0.25, 0.3) is 5.91 Å². The van der Waals surface area contributed by atoms with E-state index in [1.165, 1.54) is 12.1 Å². The van der Waals surface area contributed by atoms with Crippen molar-refractivity contribution in [2.45, 2.75) is 50.0 Å². The van der Waals surface area contributed by atoms with Crippen molar-refractivity contribution in [1.29, 1.82) is 0 Å². The number of hydrogen-bond acceptors (Lipinski definition) is 3. The molecular weight excluding hydrogens is 288 g/mol. The Kier molecular flexibility index (Phi) is 5.36. The van der Waals surface area contributed by atoms with Crippen LogP contribution in [0, 0.1) is 0 Å². The van der Waals surface area contributed by atoms with Crippen LogP contribution in [-0.2, 0) is 10.0 Å². The average Bonchev–Trinajstić information content (AvgIpc) is 2.97. The lowest BCUT2D eigenvalue weighted by atomic mass is 10.2. The van der Waals surface area contributed by atoms with Gasteiger partial charge in [0.1, 0.15) is 0 Å². The first-order valence-corrected chi connectivity index (χ1v) is 8.92. The SMILES string of the molecule is CCCNC(=O)c1ccc(S(=O)(=O)NC2CCCC2)cc1. The molecule has 0 unspecified atom stereocenters. The van der Waals surface area contributed by atoms with E-state index in [1.54, 1.807) is 12.1 Å². The van der Waals surface area contributed by atoms with Gasteiger partial charge in [-0.05, 0) is 43.5 Å². The second-order valence-corrected chi connectivity index (χ2v) is 7.10. The van der Waals surface area contributed by atoms with E-state index in [-0.39, 0.29) is 16.8 Å². The zero-order valence-corrected chi connectivity index (χ0v) is 13.1. The number of nitrogens with one attached hydrogen (secondary N) is 2. The number of amides is 1. The Hall–Kier alpha value is -1.40. The molecule has 1 fully saturated rings. The summed E-state index contributed by atoms with van der Waals surface area (Å²) in [6.45, 7) is 2.59. The van der Waals surface area contributed by atoms with Crippen molar-refractivity contribution in [3.63, 3.8) is 0 Å². The summed E-state index contributed by atoms with van der Waals surface area (Å²) in [5.41, 5.74) is 0.475. The number of rotatable bonds is 6. The third kappa shape index (κ3) is 4.28. The molecule has 0 radical (unpaired) electrons. The molecule has 1 aromatic carbocycles. The van der Waals surface area contributed by atoms with Crippen LogP contribution in [0.15, 0.2) is 29.2 Å². The standard InChI is InChI=1S/C15H22N2O3S/c1-2-11-16-15(18)12-7-9-14(10-8-12)21(19,20)17-13-5-3-4-6-13/h7-10,13,17H,2-6,11H2,1H3,(H,16,18). The summed E-state index contributed by atoms with van der Waals surface area (Å²) in [6, 6.07) is 6.11. The number of benzene rings is 1. The second kappa shape index (κ2) is 7.04. The molecule has 5 nitrogen and oxygen atoms in total. The molecule has 0 heterocycles. The highest BCUT2D eigenvalue weighted by Crippen LogP contribution is 2.20. The van der Waals surface area contributed by atoms with Crippen LogP contribution in [0.4, 0.5) is 0 Å². The largest absolute Gasteiger partial charge is 0.352 e. The van der Waals surface area contributed by atoms with Gasteiger partial charge >= 0.3 is 0 Å². The molecule has 21 heavy (non-hydrogen) atoms. The average molecular weight is 310 g/mol. The van der Waals surface area contributed by atoms with E-state index in [2.05, 4.69) is 10.0 Å². The molecule has 0 saturated heterocycles. The first-order valence-electron chi connectivity index (χ1n) is 7.43. The fraction of sp³-hybridized carbons (Fsp3) is 0.533. The lowest BCUT2D eigenvalue weighted by molar-refractivity contribution is 0.0953. The Labute approximate surface area is 126 Å². The maximum absolute atomic E-state index is 12.2. The van der Waals surface area contributed by atoms with E-state index in [1.807, 2.05) is 6.92 Å². The molecule has 1 aliphatic rings. The second-order valence-electron chi connectivity index (χ2n) is 5.38. The third-order valence-electron chi connectivity index (χ3n) is 3.64. The van der Waals surface area contributed by atoms with Crippen LogP contribution in [0.5, 0.6) is 0 Å². The van der Waals surface area contributed by atoms with Gasteiger partial charge in [0.05, 0.1) is 4.90 Å². The van der Waals surface area contributed by atoms with Crippen LogP contribution in [0.25, 0.3) is 0 Å². The fourth-order valence-corrected chi connectivity index (χ4v) is 3.76. The van der Waals surface area contributed by atoms with E-state index >= 15 is 0 Å². The maximum Gasteiger partial charge on any atom is 0.251 e. The van der Waals surface area contributed by atoms with Crippen LogP contribution in [-0.4, -0.2) is 26.9 Å². The summed E-state index contributed by atoms with van der Waals surface area (Å²) in [5, 5.41) is 2.76. The number of sulfonamides is 1. The fourth-order valence-electron chi connectivity index (χ4n) is 2.46. The Morgan fingerprint density at radius 3 is 2.38 bits per heavy atom. The summed E-state index contributed by atoms with van der Waals surface area (Å²) in [4.78, 5) is 12.0. The molecule has 0 aliphatic heterocycles. The molecule has 1 saturated carbocycles. The van der Waals surface area contributed by atoms with Gasteiger partial charge in [-0.3, -0.25) is 4.79 Å². The van der Waals surface area contributed by atoms with Crippen molar-refractivity contribution in [1.82, 2.24) is 10.0 Å². The lowest BCUT2D eigenvalue weighted by Crippen LogP contribution is -2.32. The number of carbonyl (C=O) groups excluding carboxylic acids is 1. The minimum atomic E-state index is -3.48. The molecular formula is C15H22N2O3S. The van der Waals surface area contributed by atoms with Gasteiger partial charge in [-0.2, -0.15) is 0 Å². The number of carbonyl (C=O) groups is 1. The smallest absolute Gasteiger partial charge is 0.251 e. The quantitative estimate of drug-likeness (QED) is 0.844. The van der Waals surface area contributed by atoms with Gasteiger partial charge in [0.15, 0.2) is 0 Å². The molecule has 0 bridgehead atoms. The Bertz CT molecular complexity index is 575. The first-order chi connectivity index (χ1) is 10.0. The van der Waals surface area contributed by atoms with Gasteiger partial charge in [-0.15, -0.1) is 0 Å². The minimum Gasteiger partial charge on any atom is -0.352 e. The maximum atomic E-state index is 12.2. The zero-order valence-electron chi connectivity index (χ0n) is 12.3. The van der Waals surface area contributed by atoms with E-state index in [9.17, 15) is 13.2 Å². The normalized spacial score (nSPS) is 16.0. The highest BCUT2D eigenvalue weighted by molar-refractivity contribution is 7.89. The van der Waals surface area contributed by atoms with E-state index in [4.69, 9.17) is 0 Å². The predicted octanol–water partition coefficient (Wildman–Crippen LogP) is 2.05. The summed E-state index contributed by atoms with van der Waals surface area (Å²) in [6.07, 6.45) is 4.81. The van der Waals surface area contributed by atoms with Crippen molar-refractivity contribution < 1.29 is 13.2 Å². The molecule has 2 rings (SSSR count). The van der Waals surface area contributed by atoms with Crippen molar-refractivity contribution in [3.8, 4) is 0 Å². The van der Waals surface area contributed by atoms with Gasteiger partial charge in [-0.1, -0.05) is 19.8 Å². The van der Waals surface area contributed by atoms with E-state index in [0.29, 0.717) is 12.1 Å². The molecule has 2 N–H and O–H groups in total. The molecule has 0 atom stereocenters. The summed E-state index contributed by atoms with van der Waals surface area (Å²) in [5.74, 6) is -0.176. The first kappa shape index (κ1) is 16.0. The van der Waals surface area contributed by atoms with Gasteiger partial charge < -0.3 is 5.32 Å². The minimum absolute atomic E-state index is 0.0440. The van der Waals surface area contributed by atoms with Crippen molar-refractivity contribution >= 4 is 15.9 Å². The molecule has 1 aliphatic carbocycles. The molecule has 1 aromatic rings. The highest BCUT2D eigenvalue weighted by Gasteiger charge is 2.22. The Morgan fingerprint density at radius 2 is 1.81 bits per heavy atom. The molecule has 0 spiro atoms. The zero-order chi connectivity index (χ0) is 15.3. The van der Waals surface area contributed by atoms with Crippen molar-refractivity contribution in [2.24, 2.45) is 0 Å². The number of hydrogen-bond donors (Lipinski definition) is 2. The summed E-state index contributed by atoms with van der Waals surface area (Å²) < 4.78 is 27.2. The van der Waals surface area contributed by atoms with Crippen LogP contribution >= 0.6 is 0 Å². The molecule has 116 valence electrons. The van der Waals surface area contributed by atoms with E-state index in [0.717, 1.165) is 32.1 Å². The topological polar surface area (TPSA) is 75.3 Å². The van der Waals surface area contributed by atoms with Crippen LogP contribution in [0.1, 0.15) is 49.4 Å². The van der Waals surface area contributed by atoms with Gasteiger partial charge in [0.2, 0.25) is 10.0 Å². The van der Waals surface area contributed by atoms with Crippen LogP contribution in [0.2, 0.25) is 0 Å².